The summed E-state index contributed by atoms with van der Waals surface area (Å²) in [6, 6.07) is 9.13. The van der Waals surface area contributed by atoms with Crippen LogP contribution in [0.5, 0.6) is 11.5 Å². The number of nitrogens with zero attached hydrogens (tertiary/aromatic N) is 2. The van der Waals surface area contributed by atoms with Crippen LogP contribution in [0, 0.1) is 0 Å². The van der Waals surface area contributed by atoms with Gasteiger partial charge in [-0.1, -0.05) is 0 Å². The van der Waals surface area contributed by atoms with Crippen molar-refractivity contribution < 1.29 is 15.0 Å². The molecule has 0 spiro atoms. The van der Waals surface area contributed by atoms with Gasteiger partial charge in [0.25, 0.3) is 5.91 Å². The number of anilines is 1. The Labute approximate surface area is 104 Å². The van der Waals surface area contributed by atoms with Crippen LogP contribution in [-0.2, 0) is 0 Å². The second-order valence-corrected chi connectivity index (χ2v) is 3.75. The third-order valence-corrected chi connectivity index (χ3v) is 2.53. The van der Waals surface area contributed by atoms with Gasteiger partial charge in [-0.15, -0.1) is 0 Å². The fourth-order valence-corrected chi connectivity index (χ4v) is 1.51. The Hall–Kier alpha value is -2.56. The van der Waals surface area contributed by atoms with Crippen LogP contribution >= 0.6 is 0 Å². The average Bonchev–Trinajstić information content (AvgIpc) is 2.38. The van der Waals surface area contributed by atoms with E-state index in [9.17, 15) is 15.0 Å². The molecule has 1 aromatic heterocycles. The number of benzene rings is 1. The molecule has 0 radical (unpaired) electrons. The van der Waals surface area contributed by atoms with Gasteiger partial charge in [0, 0.05) is 18.9 Å². The third kappa shape index (κ3) is 2.24. The van der Waals surface area contributed by atoms with Crippen molar-refractivity contribution in [3.8, 4) is 11.5 Å². The zero-order valence-corrected chi connectivity index (χ0v) is 9.74. The first-order valence-electron chi connectivity index (χ1n) is 5.30. The van der Waals surface area contributed by atoms with Gasteiger partial charge < -0.3 is 15.1 Å². The first-order chi connectivity index (χ1) is 8.59. The number of amides is 1. The molecule has 5 heteroatoms. The van der Waals surface area contributed by atoms with Crippen LogP contribution in [0.15, 0.2) is 42.6 Å². The molecule has 92 valence electrons. The molecule has 5 nitrogen and oxygen atoms in total. The van der Waals surface area contributed by atoms with Crippen LogP contribution in [0.3, 0.4) is 0 Å². The van der Waals surface area contributed by atoms with Gasteiger partial charge in [-0.05, 0) is 36.4 Å². The minimum atomic E-state index is -0.418. The molecule has 0 atom stereocenters. The van der Waals surface area contributed by atoms with Crippen molar-refractivity contribution in [1.82, 2.24) is 4.98 Å². The van der Waals surface area contributed by atoms with Crippen molar-refractivity contribution in [2.45, 2.75) is 0 Å². The standard InChI is InChI=1S/C13H12N2O3/c1-15(9-4-6-10(16)7-5-9)13(18)12-11(17)3-2-8-14-12/h2-8,16-17H,1H3. The highest BCUT2D eigenvalue weighted by Crippen LogP contribution is 2.21. The number of phenolic OH excluding ortho intramolecular Hbond substituents is 1. The summed E-state index contributed by atoms with van der Waals surface area (Å²) < 4.78 is 0. The van der Waals surface area contributed by atoms with Gasteiger partial charge in [-0.3, -0.25) is 4.79 Å². The first kappa shape index (κ1) is 11.9. The Morgan fingerprint density at radius 2 is 1.83 bits per heavy atom. The number of aromatic nitrogens is 1. The number of pyridine rings is 1. The lowest BCUT2D eigenvalue weighted by atomic mass is 10.2. The highest BCUT2D eigenvalue weighted by molar-refractivity contribution is 6.06. The molecule has 18 heavy (non-hydrogen) atoms. The quantitative estimate of drug-likeness (QED) is 0.844. The van der Waals surface area contributed by atoms with Crippen LogP contribution in [0.4, 0.5) is 5.69 Å². The highest BCUT2D eigenvalue weighted by Gasteiger charge is 2.18. The first-order valence-corrected chi connectivity index (χ1v) is 5.30. The van der Waals surface area contributed by atoms with E-state index < -0.39 is 5.91 Å². The van der Waals surface area contributed by atoms with Crippen LogP contribution in [0.1, 0.15) is 10.5 Å². The third-order valence-electron chi connectivity index (χ3n) is 2.53. The van der Waals surface area contributed by atoms with Gasteiger partial charge in [0.2, 0.25) is 0 Å². The van der Waals surface area contributed by atoms with E-state index in [1.165, 1.54) is 29.3 Å². The van der Waals surface area contributed by atoms with Crippen LogP contribution in [0.25, 0.3) is 0 Å². The smallest absolute Gasteiger partial charge is 0.280 e. The Bertz CT molecular complexity index is 567. The molecule has 2 aromatic rings. The maximum absolute atomic E-state index is 12.1. The summed E-state index contributed by atoms with van der Waals surface area (Å²) in [5, 5.41) is 18.8. The molecule has 0 aliphatic heterocycles. The lowest BCUT2D eigenvalue weighted by Gasteiger charge is -2.17. The van der Waals surface area contributed by atoms with Crippen molar-refractivity contribution in [3.05, 3.63) is 48.3 Å². The second kappa shape index (κ2) is 4.75. The number of phenols is 1. The second-order valence-electron chi connectivity index (χ2n) is 3.75. The minimum Gasteiger partial charge on any atom is -0.508 e. The molecule has 1 aromatic carbocycles. The Kier molecular flexibility index (Phi) is 3.14. The minimum absolute atomic E-state index is 0.00641. The zero-order valence-electron chi connectivity index (χ0n) is 9.74. The van der Waals surface area contributed by atoms with Gasteiger partial charge in [0.15, 0.2) is 5.69 Å². The van der Waals surface area contributed by atoms with E-state index in [4.69, 9.17) is 0 Å². The molecule has 1 heterocycles. The number of rotatable bonds is 2. The lowest BCUT2D eigenvalue weighted by Crippen LogP contribution is -2.27. The molecule has 0 aliphatic carbocycles. The van der Waals surface area contributed by atoms with E-state index in [1.807, 2.05) is 0 Å². The molecule has 2 rings (SSSR count). The molecular formula is C13H12N2O3. The Morgan fingerprint density at radius 1 is 1.17 bits per heavy atom. The monoisotopic (exact) mass is 244 g/mol. The molecular weight excluding hydrogens is 232 g/mol. The fraction of sp³-hybridized carbons (Fsp3) is 0.0769. The van der Waals surface area contributed by atoms with Gasteiger partial charge in [0.1, 0.15) is 11.5 Å². The maximum atomic E-state index is 12.1. The zero-order chi connectivity index (χ0) is 13.1. The normalized spacial score (nSPS) is 10.1. The highest BCUT2D eigenvalue weighted by atomic mass is 16.3. The van der Waals surface area contributed by atoms with E-state index in [0.717, 1.165) is 0 Å². The molecule has 0 fully saturated rings. The van der Waals surface area contributed by atoms with E-state index >= 15 is 0 Å². The van der Waals surface area contributed by atoms with Crippen LogP contribution in [-0.4, -0.2) is 28.2 Å². The van der Waals surface area contributed by atoms with Crippen LogP contribution in [0.2, 0.25) is 0 Å². The number of aromatic hydroxyl groups is 2. The van der Waals surface area contributed by atoms with Crippen molar-refractivity contribution in [2.75, 3.05) is 11.9 Å². The Morgan fingerprint density at radius 3 is 2.44 bits per heavy atom. The summed E-state index contributed by atoms with van der Waals surface area (Å²) >= 11 is 0. The summed E-state index contributed by atoms with van der Waals surface area (Å²) in [6.07, 6.45) is 1.44. The molecule has 0 unspecified atom stereocenters. The van der Waals surface area contributed by atoms with Gasteiger partial charge in [-0.25, -0.2) is 4.98 Å². The number of carbonyl (C=O) groups is 1. The van der Waals surface area contributed by atoms with Gasteiger partial charge in [0.05, 0.1) is 0 Å². The summed E-state index contributed by atoms with van der Waals surface area (Å²) in [5.74, 6) is -0.452. The van der Waals surface area contributed by atoms with Crippen molar-refractivity contribution in [1.29, 1.82) is 0 Å². The van der Waals surface area contributed by atoms with E-state index in [0.29, 0.717) is 5.69 Å². The summed E-state index contributed by atoms with van der Waals surface area (Å²) in [5.41, 5.74) is 0.593. The topological polar surface area (TPSA) is 73.7 Å². The van der Waals surface area contributed by atoms with E-state index in [-0.39, 0.29) is 17.2 Å². The average molecular weight is 244 g/mol. The number of hydrogen-bond donors (Lipinski definition) is 2. The molecule has 0 saturated carbocycles. The van der Waals surface area contributed by atoms with Crippen LogP contribution < -0.4 is 4.90 Å². The molecule has 1 amide bonds. The van der Waals surface area contributed by atoms with E-state index in [2.05, 4.69) is 4.98 Å². The summed E-state index contributed by atoms with van der Waals surface area (Å²) in [6.45, 7) is 0. The van der Waals surface area contributed by atoms with Gasteiger partial charge in [-0.2, -0.15) is 0 Å². The van der Waals surface area contributed by atoms with E-state index in [1.54, 1.807) is 25.2 Å². The molecule has 0 saturated heterocycles. The predicted octanol–water partition coefficient (Wildman–Crippen LogP) is 1.77. The molecule has 2 N–H and O–H groups in total. The fourth-order valence-electron chi connectivity index (χ4n) is 1.51. The largest absolute Gasteiger partial charge is 0.508 e. The van der Waals surface area contributed by atoms with Crippen molar-refractivity contribution in [2.24, 2.45) is 0 Å². The van der Waals surface area contributed by atoms with Crippen molar-refractivity contribution >= 4 is 11.6 Å². The molecule has 0 bridgehead atoms. The summed E-state index contributed by atoms with van der Waals surface area (Å²) in [4.78, 5) is 17.3. The lowest BCUT2D eigenvalue weighted by molar-refractivity contribution is 0.0985. The van der Waals surface area contributed by atoms with Gasteiger partial charge >= 0.3 is 0 Å². The SMILES string of the molecule is CN(C(=O)c1ncccc1O)c1ccc(O)cc1. The summed E-state index contributed by atoms with van der Waals surface area (Å²) in [7, 11) is 1.57. The maximum Gasteiger partial charge on any atom is 0.280 e. The van der Waals surface area contributed by atoms with Crippen molar-refractivity contribution in [3.63, 3.8) is 0 Å². The Balaban J connectivity index is 2.29. The predicted molar refractivity (Wildman–Crippen MR) is 66.7 cm³/mol. The number of carbonyl (C=O) groups excluding carboxylic acids is 1. The number of hydrogen-bond acceptors (Lipinski definition) is 4. The molecule has 0 aliphatic rings.